The van der Waals surface area contributed by atoms with Crippen LogP contribution >= 0.6 is 22.9 Å². The van der Waals surface area contributed by atoms with Crippen molar-refractivity contribution < 1.29 is 18.3 Å². The molecule has 3 N–H and O–H groups in total. The first-order chi connectivity index (χ1) is 12.6. The van der Waals surface area contributed by atoms with Gasteiger partial charge >= 0.3 is 5.92 Å². The van der Waals surface area contributed by atoms with E-state index in [-0.39, 0.29) is 0 Å². The van der Waals surface area contributed by atoms with Crippen molar-refractivity contribution in [3.8, 4) is 0 Å². The van der Waals surface area contributed by atoms with E-state index in [1.165, 1.54) is 22.4 Å². The maximum atomic E-state index is 13.9. The molecule has 1 amide bonds. The first kappa shape index (κ1) is 20.4. The highest BCUT2D eigenvalue weighted by Crippen LogP contribution is 2.50. The van der Waals surface area contributed by atoms with Crippen molar-refractivity contribution >= 4 is 28.8 Å². The molecular formula is C18H24ClF2N3O2S. The third kappa shape index (κ3) is 3.67. The number of halogens is 3. The van der Waals surface area contributed by atoms with E-state index < -0.39 is 29.5 Å². The van der Waals surface area contributed by atoms with Gasteiger partial charge in [0.1, 0.15) is 5.60 Å². The number of alkyl halides is 2. The van der Waals surface area contributed by atoms with Crippen molar-refractivity contribution in [2.75, 3.05) is 13.7 Å². The number of nitrogens with zero attached hydrogens (tertiary/aromatic N) is 1. The second kappa shape index (κ2) is 7.22. The molecule has 0 bridgehead atoms. The molecule has 27 heavy (non-hydrogen) atoms. The van der Waals surface area contributed by atoms with Crippen LogP contribution in [0.5, 0.6) is 0 Å². The molecule has 1 aromatic heterocycles. The minimum absolute atomic E-state index is 0.313. The van der Waals surface area contributed by atoms with E-state index in [0.717, 1.165) is 16.9 Å². The number of nitrogens with one attached hydrogen (secondary N) is 1. The molecule has 0 saturated carbocycles. The third-order valence-corrected chi connectivity index (χ3v) is 6.70. The van der Waals surface area contributed by atoms with Crippen LogP contribution in [-0.2, 0) is 21.6 Å². The van der Waals surface area contributed by atoms with Crippen molar-refractivity contribution in [2.24, 2.45) is 5.73 Å². The van der Waals surface area contributed by atoms with Gasteiger partial charge in [-0.25, -0.2) is 0 Å². The normalized spacial score (nSPS) is 29.0. The Balaban J connectivity index is 2.05. The number of rotatable bonds is 3. The predicted octanol–water partition coefficient (Wildman–Crippen LogP) is 3.22. The summed E-state index contributed by atoms with van der Waals surface area (Å²) in [6.45, 7) is 2.90. The number of thiophene rings is 1. The van der Waals surface area contributed by atoms with Crippen LogP contribution in [-0.4, -0.2) is 42.5 Å². The number of ether oxygens (including phenoxy) is 1. The van der Waals surface area contributed by atoms with E-state index in [0.29, 0.717) is 36.4 Å². The van der Waals surface area contributed by atoms with E-state index >= 15 is 0 Å². The first-order valence-electron chi connectivity index (χ1n) is 8.85. The topological polar surface area (TPSA) is 67.6 Å². The van der Waals surface area contributed by atoms with Gasteiger partial charge in [-0.1, -0.05) is 11.6 Å². The van der Waals surface area contributed by atoms with Crippen LogP contribution in [0, 0.1) is 0 Å². The molecule has 0 aliphatic carbocycles. The smallest absolute Gasteiger partial charge is 0.322 e. The molecule has 9 heteroatoms. The molecule has 1 saturated heterocycles. The van der Waals surface area contributed by atoms with Gasteiger partial charge in [0.2, 0.25) is 0 Å². The molecule has 3 heterocycles. The van der Waals surface area contributed by atoms with Crippen LogP contribution in [0.1, 0.15) is 37.1 Å². The van der Waals surface area contributed by atoms with E-state index in [1.807, 2.05) is 6.07 Å². The second-order valence-electron chi connectivity index (χ2n) is 7.30. The number of nitrogens with two attached hydrogens (primary N) is 1. The van der Waals surface area contributed by atoms with Crippen LogP contribution in [0.2, 0.25) is 4.34 Å². The van der Waals surface area contributed by atoms with Crippen molar-refractivity contribution in [3.63, 3.8) is 0 Å². The fraction of sp³-hybridized carbons (Fsp3) is 0.611. The number of fused-ring (bicyclic) bond motifs is 2. The van der Waals surface area contributed by atoms with Gasteiger partial charge in [-0.15, -0.1) is 11.3 Å². The lowest BCUT2D eigenvalue weighted by atomic mass is 9.77. The summed E-state index contributed by atoms with van der Waals surface area (Å²) in [5.41, 5.74) is 6.95. The Kier molecular flexibility index (Phi) is 5.44. The molecule has 1 aromatic rings. The number of carbonyl (C=O) groups is 1. The summed E-state index contributed by atoms with van der Waals surface area (Å²) in [5.74, 6) is -4.69. The molecule has 3 atom stereocenters. The van der Waals surface area contributed by atoms with Crippen LogP contribution in [0.25, 0.3) is 0 Å². The summed E-state index contributed by atoms with van der Waals surface area (Å²) in [6, 6.07) is 0.764. The highest BCUT2D eigenvalue weighted by molar-refractivity contribution is 7.16. The molecule has 0 radical (unpaired) electrons. The summed E-state index contributed by atoms with van der Waals surface area (Å²) < 4.78 is 34.6. The van der Waals surface area contributed by atoms with Crippen LogP contribution < -0.4 is 11.1 Å². The Morgan fingerprint density at radius 3 is 2.89 bits per heavy atom. The number of hydrogen-bond donors (Lipinski definition) is 2. The average Bonchev–Trinajstić information content (AvgIpc) is 2.95. The van der Waals surface area contributed by atoms with E-state index in [2.05, 4.69) is 5.32 Å². The van der Waals surface area contributed by atoms with Crippen LogP contribution in [0.4, 0.5) is 8.78 Å². The SMILES string of the molecule is CN/C=C(\N)C1CC2(CC(C)N1C(=O)C(C)(F)F)OCCc1cc(Cl)sc12. The van der Waals surface area contributed by atoms with Crippen molar-refractivity contribution in [1.82, 2.24) is 10.2 Å². The fourth-order valence-corrected chi connectivity index (χ4v) is 5.64. The molecule has 5 nitrogen and oxygen atoms in total. The van der Waals surface area contributed by atoms with Gasteiger partial charge in [0.25, 0.3) is 5.91 Å². The molecule has 2 aliphatic rings. The van der Waals surface area contributed by atoms with Gasteiger partial charge in [-0.3, -0.25) is 4.79 Å². The molecule has 2 aliphatic heterocycles. The molecule has 1 fully saturated rings. The summed E-state index contributed by atoms with van der Waals surface area (Å²) >= 11 is 7.68. The van der Waals surface area contributed by atoms with Crippen molar-refractivity contribution in [3.05, 3.63) is 32.7 Å². The maximum absolute atomic E-state index is 13.9. The Labute approximate surface area is 166 Å². The largest absolute Gasteiger partial charge is 0.399 e. The Morgan fingerprint density at radius 2 is 2.26 bits per heavy atom. The van der Waals surface area contributed by atoms with E-state index in [9.17, 15) is 13.6 Å². The lowest BCUT2D eigenvalue weighted by Crippen LogP contribution is -2.61. The second-order valence-corrected chi connectivity index (χ2v) is 8.99. The maximum Gasteiger partial charge on any atom is 0.322 e. The minimum Gasteiger partial charge on any atom is -0.399 e. The van der Waals surface area contributed by atoms with Crippen LogP contribution in [0.3, 0.4) is 0 Å². The number of likely N-dealkylation sites (tertiary alicyclic amines) is 1. The number of carbonyl (C=O) groups excluding carboxylic acids is 1. The quantitative estimate of drug-likeness (QED) is 0.789. The summed E-state index contributed by atoms with van der Waals surface area (Å²) in [7, 11) is 1.67. The average molecular weight is 420 g/mol. The van der Waals surface area contributed by atoms with Crippen molar-refractivity contribution in [2.45, 2.75) is 56.7 Å². The van der Waals surface area contributed by atoms with Gasteiger partial charge in [0, 0.05) is 49.6 Å². The Hall–Kier alpha value is -1.38. The zero-order chi connectivity index (χ0) is 20.0. The highest BCUT2D eigenvalue weighted by Gasteiger charge is 2.53. The third-order valence-electron chi connectivity index (χ3n) is 5.21. The van der Waals surface area contributed by atoms with Crippen molar-refractivity contribution in [1.29, 1.82) is 0 Å². The highest BCUT2D eigenvalue weighted by atomic mass is 35.5. The molecule has 150 valence electrons. The van der Waals surface area contributed by atoms with E-state index in [1.54, 1.807) is 14.0 Å². The number of amides is 1. The predicted molar refractivity (Wildman–Crippen MR) is 102 cm³/mol. The molecular weight excluding hydrogens is 396 g/mol. The number of hydrogen-bond acceptors (Lipinski definition) is 5. The van der Waals surface area contributed by atoms with Crippen LogP contribution in [0.15, 0.2) is 18.0 Å². The standard InChI is InChI=1S/C18H24ClF2N3O2S/c1-10-7-18(15-11(4-5-26-18)6-14(19)27-15)8-13(12(22)9-23-3)24(10)16(25)17(2,20)21/h6,9-10,13,23H,4-5,7-8,22H2,1-3H3/b12-9-. The lowest BCUT2D eigenvalue weighted by Gasteiger charge is -2.51. The van der Waals surface area contributed by atoms with E-state index in [4.69, 9.17) is 22.1 Å². The zero-order valence-electron chi connectivity index (χ0n) is 15.5. The zero-order valence-corrected chi connectivity index (χ0v) is 17.1. The lowest BCUT2D eigenvalue weighted by molar-refractivity contribution is -0.173. The molecule has 3 rings (SSSR count). The summed E-state index contributed by atoms with van der Waals surface area (Å²) in [5, 5.41) is 2.82. The monoisotopic (exact) mass is 419 g/mol. The first-order valence-corrected chi connectivity index (χ1v) is 10.0. The number of piperidine rings is 1. The Morgan fingerprint density at radius 1 is 1.56 bits per heavy atom. The fourth-order valence-electron chi connectivity index (χ4n) is 4.18. The van der Waals surface area contributed by atoms with Gasteiger partial charge in [0.05, 0.1) is 17.0 Å². The summed E-state index contributed by atoms with van der Waals surface area (Å²) in [4.78, 5) is 14.7. The van der Waals surface area contributed by atoms with Gasteiger partial charge in [-0.2, -0.15) is 8.78 Å². The molecule has 1 spiro atoms. The molecule has 0 aromatic carbocycles. The minimum atomic E-state index is -3.47. The molecule has 3 unspecified atom stereocenters. The summed E-state index contributed by atoms with van der Waals surface area (Å²) in [6.07, 6.45) is 3.03. The van der Waals surface area contributed by atoms with Gasteiger partial charge < -0.3 is 20.7 Å². The van der Waals surface area contributed by atoms with Gasteiger partial charge in [0.15, 0.2) is 0 Å². The Bertz CT molecular complexity index is 764. The van der Waals surface area contributed by atoms with Gasteiger partial charge in [-0.05, 0) is 25.0 Å².